The Balaban J connectivity index is 2.64. The number of nitrogens with zero attached hydrogens (tertiary/aromatic N) is 2. The van der Waals surface area contributed by atoms with E-state index in [1.54, 1.807) is 6.07 Å². The first-order valence-electron chi connectivity index (χ1n) is 4.25. The quantitative estimate of drug-likeness (QED) is 0.789. The maximum atomic E-state index is 10.9. The van der Waals surface area contributed by atoms with Crippen molar-refractivity contribution in [3.05, 3.63) is 11.1 Å². The van der Waals surface area contributed by atoms with Gasteiger partial charge in [-0.25, -0.2) is 4.98 Å². The van der Waals surface area contributed by atoms with E-state index in [2.05, 4.69) is 9.97 Å². The lowest BCUT2D eigenvalue weighted by Gasteiger charge is -2.04. The van der Waals surface area contributed by atoms with E-state index in [0.717, 1.165) is 16.0 Å². The van der Waals surface area contributed by atoms with Crippen molar-refractivity contribution in [2.75, 3.05) is 14.2 Å². The molecule has 2 aromatic rings. The molecule has 0 saturated carbocycles. The van der Waals surface area contributed by atoms with Crippen LogP contribution < -0.4 is 9.47 Å². The molecule has 0 aliphatic heterocycles. The summed E-state index contributed by atoms with van der Waals surface area (Å²) in [6.07, 6.45) is 0. The fourth-order valence-corrected chi connectivity index (χ4v) is 2.13. The van der Waals surface area contributed by atoms with Crippen molar-refractivity contribution in [2.45, 2.75) is 0 Å². The van der Waals surface area contributed by atoms with Crippen LogP contribution in [0, 0.1) is 0 Å². The molecule has 0 N–H and O–H groups in total. The first kappa shape index (κ1) is 11.1. The maximum absolute atomic E-state index is 10.9. The topological polar surface area (TPSA) is 61.3 Å². The molecular formula is C9H7ClN2O3S. The summed E-state index contributed by atoms with van der Waals surface area (Å²) in [6, 6.07) is 1.71. The van der Waals surface area contributed by atoms with E-state index in [-0.39, 0.29) is 5.01 Å². The van der Waals surface area contributed by atoms with Gasteiger partial charge in [0.15, 0.2) is 16.4 Å². The highest BCUT2D eigenvalue weighted by Crippen LogP contribution is 2.31. The number of rotatable bonds is 3. The standard InChI is InChI=1S/C9H7ClN2O3S/c1-14-4-3-5-7(11-8(4)15-2)12-9(16-5)6(10)13/h3H,1-2H3. The van der Waals surface area contributed by atoms with Gasteiger partial charge in [-0.05, 0) is 11.6 Å². The molecule has 0 aliphatic rings. The molecule has 2 heterocycles. The van der Waals surface area contributed by atoms with E-state index in [4.69, 9.17) is 21.1 Å². The van der Waals surface area contributed by atoms with Gasteiger partial charge in [0.2, 0.25) is 0 Å². The molecule has 0 fully saturated rings. The number of hydrogen-bond acceptors (Lipinski definition) is 6. The third-order valence-corrected chi connectivity index (χ3v) is 3.18. The van der Waals surface area contributed by atoms with Crippen LogP contribution >= 0.6 is 22.9 Å². The van der Waals surface area contributed by atoms with E-state index in [9.17, 15) is 4.79 Å². The second kappa shape index (κ2) is 4.23. The van der Waals surface area contributed by atoms with Crippen molar-refractivity contribution in [2.24, 2.45) is 0 Å². The summed E-state index contributed by atoms with van der Waals surface area (Å²) in [4.78, 5) is 19.0. The Morgan fingerprint density at radius 2 is 2.12 bits per heavy atom. The Morgan fingerprint density at radius 3 is 2.69 bits per heavy atom. The second-order valence-corrected chi connectivity index (χ2v) is 4.19. The molecule has 0 bridgehead atoms. The largest absolute Gasteiger partial charge is 0.491 e. The average molecular weight is 259 g/mol. The summed E-state index contributed by atoms with van der Waals surface area (Å²) in [5, 5.41) is -0.389. The Labute approximate surface area is 100.0 Å². The monoisotopic (exact) mass is 258 g/mol. The van der Waals surface area contributed by atoms with Gasteiger partial charge in [-0.2, -0.15) is 4.98 Å². The summed E-state index contributed by atoms with van der Waals surface area (Å²) in [5.41, 5.74) is 0.423. The summed E-state index contributed by atoms with van der Waals surface area (Å²) in [5.74, 6) is 0.820. The minimum Gasteiger partial charge on any atom is -0.491 e. The number of carbonyl (C=O) groups is 1. The lowest BCUT2D eigenvalue weighted by molar-refractivity contribution is 0.108. The molecule has 84 valence electrons. The summed E-state index contributed by atoms with van der Waals surface area (Å²) >= 11 is 6.50. The van der Waals surface area contributed by atoms with Crippen LogP contribution in [0.4, 0.5) is 0 Å². The van der Waals surface area contributed by atoms with Crippen molar-refractivity contribution in [1.82, 2.24) is 9.97 Å². The van der Waals surface area contributed by atoms with Gasteiger partial charge in [0.1, 0.15) is 0 Å². The van der Waals surface area contributed by atoms with Crippen molar-refractivity contribution in [3.8, 4) is 11.6 Å². The van der Waals surface area contributed by atoms with Crippen LogP contribution in [0.5, 0.6) is 11.6 Å². The molecule has 0 atom stereocenters. The Bertz CT molecular complexity index is 514. The number of methoxy groups -OCH3 is 2. The number of fused-ring (bicyclic) bond motifs is 1. The van der Waals surface area contributed by atoms with Gasteiger partial charge >= 0.3 is 0 Å². The van der Waals surface area contributed by atoms with E-state index < -0.39 is 5.24 Å². The molecule has 0 amide bonds. The van der Waals surface area contributed by atoms with Gasteiger partial charge in [0.25, 0.3) is 11.1 Å². The number of aromatic nitrogens is 2. The first-order valence-corrected chi connectivity index (χ1v) is 5.44. The van der Waals surface area contributed by atoms with Crippen LogP contribution in [-0.2, 0) is 0 Å². The zero-order chi connectivity index (χ0) is 11.7. The molecule has 0 unspecified atom stereocenters. The van der Waals surface area contributed by atoms with Crippen molar-refractivity contribution in [1.29, 1.82) is 0 Å². The predicted molar refractivity (Wildman–Crippen MR) is 60.7 cm³/mol. The molecule has 16 heavy (non-hydrogen) atoms. The minimum atomic E-state index is -0.596. The highest BCUT2D eigenvalue weighted by Gasteiger charge is 2.14. The van der Waals surface area contributed by atoms with Crippen molar-refractivity contribution < 1.29 is 14.3 Å². The molecule has 0 aliphatic carbocycles. The van der Waals surface area contributed by atoms with Gasteiger partial charge < -0.3 is 9.47 Å². The van der Waals surface area contributed by atoms with Crippen molar-refractivity contribution in [3.63, 3.8) is 0 Å². The third kappa shape index (κ3) is 1.81. The number of pyridine rings is 1. The SMILES string of the molecule is COc1cc2sc(C(=O)Cl)nc2nc1OC. The van der Waals surface area contributed by atoms with E-state index in [0.29, 0.717) is 17.3 Å². The van der Waals surface area contributed by atoms with Crippen LogP contribution in [0.2, 0.25) is 0 Å². The molecule has 7 heteroatoms. The van der Waals surface area contributed by atoms with Gasteiger partial charge in [-0.3, -0.25) is 4.79 Å². The van der Waals surface area contributed by atoms with Gasteiger partial charge in [-0.15, -0.1) is 11.3 Å². The summed E-state index contributed by atoms with van der Waals surface area (Å²) in [6.45, 7) is 0. The number of carbonyl (C=O) groups excluding carboxylic acids is 1. The second-order valence-electron chi connectivity index (χ2n) is 2.81. The maximum Gasteiger partial charge on any atom is 0.281 e. The lowest BCUT2D eigenvalue weighted by Crippen LogP contribution is -1.93. The highest BCUT2D eigenvalue weighted by atomic mass is 35.5. The summed E-state index contributed by atoms with van der Waals surface area (Å²) < 4.78 is 10.8. The zero-order valence-electron chi connectivity index (χ0n) is 8.48. The summed E-state index contributed by atoms with van der Waals surface area (Å²) in [7, 11) is 3.00. The lowest BCUT2D eigenvalue weighted by atomic mass is 10.4. The molecule has 2 aromatic heterocycles. The molecule has 0 spiro atoms. The Morgan fingerprint density at radius 1 is 1.38 bits per heavy atom. The van der Waals surface area contributed by atoms with Gasteiger partial charge in [-0.1, -0.05) is 0 Å². The number of hydrogen-bond donors (Lipinski definition) is 0. The highest BCUT2D eigenvalue weighted by molar-refractivity contribution is 7.21. The number of ether oxygens (including phenoxy) is 2. The molecule has 2 rings (SSSR count). The molecule has 0 radical (unpaired) electrons. The smallest absolute Gasteiger partial charge is 0.281 e. The van der Waals surface area contributed by atoms with Crippen LogP contribution in [0.25, 0.3) is 10.3 Å². The number of thiazole rings is 1. The normalized spacial score (nSPS) is 10.4. The molecule has 0 aromatic carbocycles. The molecular weight excluding hydrogens is 252 g/mol. The van der Waals surface area contributed by atoms with Gasteiger partial charge in [0, 0.05) is 6.07 Å². The number of halogens is 1. The van der Waals surface area contributed by atoms with E-state index in [1.165, 1.54) is 14.2 Å². The Hall–Kier alpha value is -1.40. The van der Waals surface area contributed by atoms with E-state index in [1.807, 2.05) is 0 Å². The van der Waals surface area contributed by atoms with Crippen LogP contribution in [0.15, 0.2) is 6.07 Å². The van der Waals surface area contributed by atoms with Crippen molar-refractivity contribution >= 4 is 38.5 Å². The zero-order valence-corrected chi connectivity index (χ0v) is 10.1. The predicted octanol–water partition coefficient (Wildman–Crippen LogP) is 2.09. The van der Waals surface area contributed by atoms with Gasteiger partial charge in [0.05, 0.1) is 18.9 Å². The van der Waals surface area contributed by atoms with Crippen LogP contribution in [0.1, 0.15) is 9.80 Å². The van der Waals surface area contributed by atoms with Crippen LogP contribution in [-0.4, -0.2) is 29.4 Å². The molecule has 0 saturated heterocycles. The molecule has 5 nitrogen and oxygen atoms in total. The van der Waals surface area contributed by atoms with Crippen LogP contribution in [0.3, 0.4) is 0 Å². The average Bonchev–Trinajstić information content (AvgIpc) is 2.69. The Kier molecular flexibility index (Phi) is 2.93. The fourth-order valence-electron chi connectivity index (χ4n) is 1.21. The minimum absolute atomic E-state index is 0.208. The third-order valence-electron chi connectivity index (χ3n) is 1.90. The van der Waals surface area contributed by atoms with E-state index >= 15 is 0 Å². The first-order chi connectivity index (χ1) is 7.65. The fraction of sp³-hybridized carbons (Fsp3) is 0.222.